The fourth-order valence-corrected chi connectivity index (χ4v) is 5.49. The molecule has 0 atom stereocenters. The lowest BCUT2D eigenvalue weighted by atomic mass is 10.2. The fraction of sp³-hybridized carbons (Fsp3) is 0.167. The SMILES string of the molecule is O=S(=O)(c1ccc(Cl)c(-c2nnc(-c3ccccc3)o2)c1)N1CCN(c2ccc(F)cc2)CC1. The predicted octanol–water partition coefficient (Wildman–Crippen LogP) is 4.71. The number of benzene rings is 3. The van der Waals surface area contributed by atoms with Crippen LogP contribution in [-0.4, -0.2) is 49.1 Å². The predicted molar refractivity (Wildman–Crippen MR) is 128 cm³/mol. The van der Waals surface area contributed by atoms with Gasteiger partial charge >= 0.3 is 0 Å². The van der Waals surface area contributed by atoms with Gasteiger partial charge in [0.25, 0.3) is 0 Å². The summed E-state index contributed by atoms with van der Waals surface area (Å²) in [7, 11) is -3.77. The number of hydrogen-bond acceptors (Lipinski definition) is 6. The standard InChI is InChI=1S/C24H20ClFN4O3S/c25-22-11-10-20(16-21(22)24-28-27-23(33-24)17-4-2-1-3-5-17)34(31,32)30-14-12-29(13-15-30)19-8-6-18(26)7-9-19/h1-11,16H,12-15H2. The minimum absolute atomic E-state index is 0.0987. The Labute approximate surface area is 201 Å². The van der Waals surface area contributed by atoms with Gasteiger partial charge in [0.2, 0.25) is 21.8 Å². The first kappa shape index (κ1) is 22.5. The first-order chi connectivity index (χ1) is 16.4. The summed E-state index contributed by atoms with van der Waals surface area (Å²) < 4.78 is 47.1. The van der Waals surface area contributed by atoms with Gasteiger partial charge in [-0.1, -0.05) is 29.8 Å². The highest BCUT2D eigenvalue weighted by Gasteiger charge is 2.29. The number of aromatic nitrogens is 2. The zero-order chi connectivity index (χ0) is 23.7. The average Bonchev–Trinajstić information content (AvgIpc) is 3.35. The normalized spacial score (nSPS) is 14.9. The summed E-state index contributed by atoms with van der Waals surface area (Å²) in [5.74, 6) is 0.152. The molecule has 1 aromatic heterocycles. The molecular formula is C24H20ClFN4O3S. The molecule has 174 valence electrons. The molecule has 0 saturated carbocycles. The molecule has 1 saturated heterocycles. The molecule has 0 radical (unpaired) electrons. The van der Waals surface area contributed by atoms with Crippen molar-refractivity contribution in [3.63, 3.8) is 0 Å². The van der Waals surface area contributed by atoms with Crippen molar-refractivity contribution in [3.8, 4) is 22.9 Å². The number of halogens is 2. The Morgan fingerprint density at radius 1 is 0.853 bits per heavy atom. The highest BCUT2D eigenvalue weighted by molar-refractivity contribution is 7.89. The Hall–Kier alpha value is -3.27. The van der Waals surface area contributed by atoms with E-state index in [-0.39, 0.29) is 16.6 Å². The van der Waals surface area contributed by atoms with E-state index in [0.29, 0.717) is 42.7 Å². The molecule has 1 aliphatic rings. The van der Waals surface area contributed by atoms with E-state index in [2.05, 4.69) is 10.2 Å². The first-order valence-electron chi connectivity index (χ1n) is 10.6. The van der Waals surface area contributed by atoms with Gasteiger partial charge in [0.1, 0.15) is 5.82 Å². The van der Waals surface area contributed by atoms with Crippen molar-refractivity contribution < 1.29 is 17.2 Å². The average molecular weight is 499 g/mol. The van der Waals surface area contributed by atoms with Crippen molar-refractivity contribution in [1.82, 2.24) is 14.5 Å². The summed E-state index contributed by atoms with van der Waals surface area (Å²) >= 11 is 6.35. The molecule has 0 unspecified atom stereocenters. The Morgan fingerprint density at radius 2 is 1.53 bits per heavy atom. The molecule has 10 heteroatoms. The van der Waals surface area contributed by atoms with Crippen molar-refractivity contribution in [3.05, 3.63) is 83.6 Å². The zero-order valence-corrected chi connectivity index (χ0v) is 19.5. The molecule has 0 bridgehead atoms. The van der Waals surface area contributed by atoms with E-state index >= 15 is 0 Å². The van der Waals surface area contributed by atoms with Crippen LogP contribution in [0.15, 0.2) is 82.1 Å². The van der Waals surface area contributed by atoms with Crippen LogP contribution in [0.3, 0.4) is 0 Å². The molecule has 0 aliphatic carbocycles. The van der Waals surface area contributed by atoms with Crippen LogP contribution >= 0.6 is 11.6 Å². The second kappa shape index (κ2) is 9.17. The van der Waals surface area contributed by atoms with Crippen molar-refractivity contribution in [2.75, 3.05) is 31.1 Å². The molecule has 5 rings (SSSR count). The molecule has 4 aromatic rings. The maximum Gasteiger partial charge on any atom is 0.249 e. The molecule has 0 spiro atoms. The van der Waals surface area contributed by atoms with Gasteiger partial charge in [0, 0.05) is 37.4 Å². The topological polar surface area (TPSA) is 79.5 Å². The van der Waals surface area contributed by atoms with Crippen molar-refractivity contribution in [1.29, 1.82) is 0 Å². The number of sulfonamides is 1. The van der Waals surface area contributed by atoms with Crippen LogP contribution in [0.1, 0.15) is 0 Å². The molecule has 3 aromatic carbocycles. The number of piperazine rings is 1. The van der Waals surface area contributed by atoms with Crippen LogP contribution in [0.2, 0.25) is 5.02 Å². The summed E-state index contributed by atoms with van der Waals surface area (Å²) in [4.78, 5) is 2.13. The van der Waals surface area contributed by atoms with Crippen LogP contribution < -0.4 is 4.90 Å². The number of rotatable bonds is 5. The quantitative estimate of drug-likeness (QED) is 0.396. The van der Waals surface area contributed by atoms with E-state index in [9.17, 15) is 12.8 Å². The fourth-order valence-electron chi connectivity index (χ4n) is 3.85. The van der Waals surface area contributed by atoms with E-state index < -0.39 is 10.0 Å². The largest absolute Gasteiger partial charge is 0.416 e. The Bertz CT molecular complexity index is 1400. The first-order valence-corrected chi connectivity index (χ1v) is 12.4. The summed E-state index contributed by atoms with van der Waals surface area (Å²) in [6.45, 7) is 1.59. The summed E-state index contributed by atoms with van der Waals surface area (Å²) in [6.07, 6.45) is 0. The van der Waals surface area contributed by atoms with Gasteiger partial charge in [-0.05, 0) is 54.6 Å². The van der Waals surface area contributed by atoms with Crippen molar-refractivity contribution in [2.24, 2.45) is 0 Å². The third-order valence-electron chi connectivity index (χ3n) is 5.68. The summed E-state index contributed by atoms with van der Waals surface area (Å²) in [5.41, 5.74) is 1.96. The highest BCUT2D eigenvalue weighted by atomic mass is 35.5. The Kier molecular flexibility index (Phi) is 6.07. The van der Waals surface area contributed by atoms with Gasteiger partial charge < -0.3 is 9.32 Å². The molecule has 7 nitrogen and oxygen atoms in total. The maximum absolute atomic E-state index is 13.3. The van der Waals surface area contributed by atoms with E-state index in [0.717, 1.165) is 11.3 Å². The maximum atomic E-state index is 13.3. The second-order valence-corrected chi connectivity index (χ2v) is 10.1. The van der Waals surface area contributed by atoms with E-state index in [1.807, 2.05) is 35.2 Å². The van der Waals surface area contributed by atoms with Crippen LogP contribution in [-0.2, 0) is 10.0 Å². The lowest BCUT2D eigenvalue weighted by Gasteiger charge is -2.35. The molecule has 1 aliphatic heterocycles. The van der Waals surface area contributed by atoms with E-state index in [1.165, 1.54) is 34.6 Å². The number of hydrogen-bond donors (Lipinski definition) is 0. The van der Waals surface area contributed by atoms with Crippen LogP contribution in [0.5, 0.6) is 0 Å². The Balaban J connectivity index is 1.36. The van der Waals surface area contributed by atoms with Crippen LogP contribution in [0, 0.1) is 5.82 Å². The Morgan fingerprint density at radius 3 is 2.24 bits per heavy atom. The highest BCUT2D eigenvalue weighted by Crippen LogP contribution is 2.32. The third-order valence-corrected chi connectivity index (χ3v) is 7.91. The lowest BCUT2D eigenvalue weighted by molar-refractivity contribution is 0.385. The lowest BCUT2D eigenvalue weighted by Crippen LogP contribution is -2.48. The van der Waals surface area contributed by atoms with E-state index in [4.69, 9.17) is 16.0 Å². The van der Waals surface area contributed by atoms with Gasteiger partial charge in [0.05, 0.1) is 15.5 Å². The minimum atomic E-state index is -3.77. The van der Waals surface area contributed by atoms with Crippen molar-refractivity contribution in [2.45, 2.75) is 4.90 Å². The molecule has 0 amide bonds. The molecular weight excluding hydrogens is 479 g/mol. The van der Waals surface area contributed by atoms with Gasteiger partial charge in [-0.15, -0.1) is 10.2 Å². The van der Waals surface area contributed by atoms with Gasteiger partial charge in [-0.2, -0.15) is 4.31 Å². The molecule has 0 N–H and O–H groups in total. The van der Waals surface area contributed by atoms with Gasteiger partial charge in [-0.3, -0.25) is 0 Å². The molecule has 1 fully saturated rings. The number of nitrogens with zero attached hydrogens (tertiary/aromatic N) is 4. The minimum Gasteiger partial charge on any atom is -0.416 e. The van der Waals surface area contributed by atoms with Gasteiger partial charge in [-0.25, -0.2) is 12.8 Å². The van der Waals surface area contributed by atoms with Gasteiger partial charge in [0.15, 0.2) is 0 Å². The van der Waals surface area contributed by atoms with Crippen LogP contribution in [0.4, 0.5) is 10.1 Å². The smallest absolute Gasteiger partial charge is 0.249 e. The third kappa shape index (κ3) is 4.42. The van der Waals surface area contributed by atoms with E-state index in [1.54, 1.807) is 12.1 Å². The van der Waals surface area contributed by atoms with Crippen LogP contribution in [0.25, 0.3) is 22.9 Å². The summed E-state index contributed by atoms with van der Waals surface area (Å²) in [6, 6.07) is 19.9. The summed E-state index contributed by atoms with van der Waals surface area (Å²) in [5, 5.41) is 8.44. The second-order valence-electron chi connectivity index (χ2n) is 7.79. The number of anilines is 1. The monoisotopic (exact) mass is 498 g/mol. The van der Waals surface area contributed by atoms with Crippen molar-refractivity contribution >= 4 is 27.3 Å². The molecule has 34 heavy (non-hydrogen) atoms. The molecule has 2 heterocycles. The zero-order valence-electron chi connectivity index (χ0n) is 17.9.